The van der Waals surface area contributed by atoms with Crippen LogP contribution in [0.2, 0.25) is 0 Å². The molecule has 1 heterocycles. The summed E-state index contributed by atoms with van der Waals surface area (Å²) in [5, 5.41) is 13.7. The number of nitro benzene ring substituents is 1. The standard InChI is InChI=1S/C26H27N3O6S/c1-35-25(30)23(17-19-10-11-20-6-2-3-7-21(20)16-19)27-14-15-28(26(18-27)12-13-26)36(33,34)24-9-5-4-8-22(24)29(31)32/h2-11,16,23H,12-15,17-18H2,1H3/t23-/m0/s1. The highest BCUT2D eigenvalue weighted by Crippen LogP contribution is 2.48. The topological polar surface area (TPSA) is 110 Å². The summed E-state index contributed by atoms with van der Waals surface area (Å²) >= 11 is 0. The monoisotopic (exact) mass is 509 g/mol. The molecule has 9 nitrogen and oxygen atoms in total. The van der Waals surface area contributed by atoms with E-state index in [0.717, 1.165) is 16.3 Å². The van der Waals surface area contributed by atoms with E-state index in [4.69, 9.17) is 4.74 Å². The van der Waals surface area contributed by atoms with Crippen molar-refractivity contribution in [2.24, 2.45) is 0 Å². The SMILES string of the molecule is COC(=O)[C@H](Cc1ccc2ccccc2c1)N1CCN(S(=O)(=O)c2ccccc2[N+](=O)[O-])C2(CC2)C1. The average Bonchev–Trinajstić information content (AvgIpc) is 3.65. The molecule has 0 aromatic heterocycles. The van der Waals surface area contributed by atoms with Gasteiger partial charge in [0, 0.05) is 31.2 Å². The quantitative estimate of drug-likeness (QED) is 0.273. The Bertz CT molecular complexity index is 1440. The molecule has 1 aliphatic carbocycles. The Balaban J connectivity index is 1.41. The predicted octanol–water partition coefficient (Wildman–Crippen LogP) is 3.37. The molecule has 1 saturated carbocycles. The average molecular weight is 510 g/mol. The molecule has 5 rings (SSSR count). The number of para-hydroxylation sites is 1. The van der Waals surface area contributed by atoms with Crippen molar-refractivity contribution in [2.75, 3.05) is 26.7 Å². The smallest absolute Gasteiger partial charge is 0.323 e. The van der Waals surface area contributed by atoms with Crippen molar-refractivity contribution >= 4 is 32.5 Å². The summed E-state index contributed by atoms with van der Waals surface area (Å²) < 4.78 is 33.7. The first-order valence-corrected chi connectivity index (χ1v) is 13.2. The molecule has 0 amide bonds. The third kappa shape index (κ3) is 4.36. The van der Waals surface area contributed by atoms with Gasteiger partial charge >= 0.3 is 5.97 Å². The van der Waals surface area contributed by atoms with Crippen LogP contribution in [0.15, 0.2) is 71.6 Å². The van der Waals surface area contributed by atoms with Crippen LogP contribution in [0.25, 0.3) is 10.8 Å². The number of piperazine rings is 1. The van der Waals surface area contributed by atoms with Crippen molar-refractivity contribution in [3.63, 3.8) is 0 Å². The summed E-state index contributed by atoms with van der Waals surface area (Å²) in [7, 11) is -2.73. The molecule has 3 aromatic rings. The molecule has 10 heteroatoms. The van der Waals surface area contributed by atoms with Crippen molar-refractivity contribution in [3.8, 4) is 0 Å². The fourth-order valence-electron chi connectivity index (χ4n) is 5.22. The number of rotatable bonds is 7. The van der Waals surface area contributed by atoms with Crippen LogP contribution in [0.1, 0.15) is 18.4 Å². The number of fused-ring (bicyclic) bond motifs is 1. The van der Waals surface area contributed by atoms with Crippen LogP contribution in [-0.2, 0) is 26.0 Å². The van der Waals surface area contributed by atoms with Crippen LogP contribution in [0, 0.1) is 10.1 Å². The molecule has 0 radical (unpaired) electrons. The van der Waals surface area contributed by atoms with Gasteiger partial charge in [-0.2, -0.15) is 4.31 Å². The van der Waals surface area contributed by atoms with Gasteiger partial charge in [0.1, 0.15) is 6.04 Å². The fraction of sp³-hybridized carbons (Fsp3) is 0.346. The lowest BCUT2D eigenvalue weighted by Crippen LogP contribution is -2.60. The molecule has 0 unspecified atom stereocenters. The molecule has 1 aliphatic heterocycles. The second-order valence-electron chi connectivity index (χ2n) is 9.42. The maximum atomic E-state index is 13.6. The minimum atomic E-state index is -4.09. The first kappa shape index (κ1) is 24.4. The van der Waals surface area contributed by atoms with Gasteiger partial charge in [0.25, 0.3) is 15.7 Å². The highest BCUT2D eigenvalue weighted by molar-refractivity contribution is 7.89. The summed E-state index contributed by atoms with van der Waals surface area (Å²) in [4.78, 5) is 25.4. The number of nitrogens with zero attached hydrogens (tertiary/aromatic N) is 3. The van der Waals surface area contributed by atoms with E-state index >= 15 is 0 Å². The zero-order valence-corrected chi connectivity index (χ0v) is 20.7. The van der Waals surface area contributed by atoms with Gasteiger partial charge in [0.05, 0.1) is 12.0 Å². The Morgan fingerprint density at radius 3 is 2.44 bits per heavy atom. The second kappa shape index (κ2) is 9.27. The molecule has 2 fully saturated rings. The second-order valence-corrected chi connectivity index (χ2v) is 11.3. The van der Waals surface area contributed by atoms with Gasteiger partial charge in [-0.25, -0.2) is 8.42 Å². The molecule has 2 aliphatic rings. The van der Waals surface area contributed by atoms with E-state index in [1.54, 1.807) is 0 Å². The van der Waals surface area contributed by atoms with E-state index in [9.17, 15) is 23.3 Å². The normalized spacial score (nSPS) is 18.7. The van der Waals surface area contributed by atoms with Crippen LogP contribution in [-0.4, -0.2) is 66.8 Å². The third-order valence-corrected chi connectivity index (χ3v) is 9.28. The molecule has 1 atom stereocenters. The van der Waals surface area contributed by atoms with Gasteiger partial charge in [-0.15, -0.1) is 0 Å². The number of methoxy groups -OCH3 is 1. The molecule has 3 aromatic carbocycles. The van der Waals surface area contributed by atoms with Crippen LogP contribution >= 0.6 is 0 Å². The Kier molecular flexibility index (Phi) is 6.27. The minimum absolute atomic E-state index is 0.138. The number of carbonyl (C=O) groups excluding carboxylic acids is 1. The van der Waals surface area contributed by atoms with Gasteiger partial charge in [-0.1, -0.05) is 54.6 Å². The maximum Gasteiger partial charge on any atom is 0.323 e. The lowest BCUT2D eigenvalue weighted by molar-refractivity contribution is -0.387. The largest absolute Gasteiger partial charge is 0.468 e. The highest BCUT2D eigenvalue weighted by Gasteiger charge is 2.57. The number of ether oxygens (including phenoxy) is 1. The van der Waals surface area contributed by atoms with Crippen molar-refractivity contribution < 1.29 is 22.9 Å². The van der Waals surface area contributed by atoms with Gasteiger partial charge in [-0.3, -0.25) is 19.8 Å². The highest BCUT2D eigenvalue weighted by atomic mass is 32.2. The van der Waals surface area contributed by atoms with Gasteiger partial charge < -0.3 is 4.74 Å². The molecule has 1 spiro atoms. The number of hydrogen-bond donors (Lipinski definition) is 0. The summed E-state index contributed by atoms with van der Waals surface area (Å²) in [5.74, 6) is -0.367. The van der Waals surface area contributed by atoms with Crippen molar-refractivity contribution in [3.05, 3.63) is 82.4 Å². The lowest BCUT2D eigenvalue weighted by Gasteiger charge is -2.43. The molecular formula is C26H27N3O6S. The molecular weight excluding hydrogens is 482 g/mol. The van der Waals surface area contributed by atoms with E-state index in [1.807, 2.05) is 41.3 Å². The Morgan fingerprint density at radius 2 is 1.75 bits per heavy atom. The summed E-state index contributed by atoms with van der Waals surface area (Å²) in [5.41, 5.74) is -0.125. The maximum absolute atomic E-state index is 13.6. The first-order valence-electron chi connectivity index (χ1n) is 11.8. The number of hydrogen-bond acceptors (Lipinski definition) is 7. The fourth-order valence-corrected chi connectivity index (χ4v) is 7.18. The van der Waals surface area contributed by atoms with Crippen LogP contribution in [0.4, 0.5) is 5.69 Å². The number of sulfonamides is 1. The Hall–Kier alpha value is -3.34. The van der Waals surface area contributed by atoms with Crippen LogP contribution < -0.4 is 0 Å². The van der Waals surface area contributed by atoms with Crippen molar-refractivity contribution in [1.29, 1.82) is 0 Å². The molecule has 36 heavy (non-hydrogen) atoms. The van der Waals surface area contributed by atoms with Gasteiger partial charge in [0.2, 0.25) is 0 Å². The van der Waals surface area contributed by atoms with Crippen molar-refractivity contribution in [2.45, 2.75) is 35.7 Å². The summed E-state index contributed by atoms with van der Waals surface area (Å²) in [6.07, 6.45) is 1.70. The molecule has 188 valence electrons. The van der Waals surface area contributed by atoms with E-state index in [1.165, 1.54) is 35.7 Å². The molecule has 1 saturated heterocycles. The Morgan fingerprint density at radius 1 is 1.06 bits per heavy atom. The van der Waals surface area contributed by atoms with Crippen LogP contribution in [0.5, 0.6) is 0 Å². The Labute approximate surface area is 209 Å². The number of benzene rings is 3. The third-order valence-electron chi connectivity index (χ3n) is 7.23. The number of esters is 1. The van der Waals surface area contributed by atoms with E-state index in [2.05, 4.69) is 6.07 Å². The van der Waals surface area contributed by atoms with Gasteiger partial charge in [-0.05, 0) is 41.7 Å². The van der Waals surface area contributed by atoms with Gasteiger partial charge in [0.15, 0.2) is 4.90 Å². The van der Waals surface area contributed by atoms with Crippen molar-refractivity contribution in [1.82, 2.24) is 9.21 Å². The zero-order valence-electron chi connectivity index (χ0n) is 19.9. The van der Waals surface area contributed by atoms with E-state index in [-0.39, 0.29) is 17.4 Å². The first-order chi connectivity index (χ1) is 17.2. The lowest BCUT2D eigenvalue weighted by atomic mass is 9.99. The van der Waals surface area contributed by atoms with E-state index < -0.39 is 32.2 Å². The predicted molar refractivity (Wildman–Crippen MR) is 134 cm³/mol. The number of nitro groups is 1. The molecule has 0 N–H and O–H groups in total. The molecule has 0 bridgehead atoms. The number of carbonyl (C=O) groups is 1. The summed E-state index contributed by atoms with van der Waals surface area (Å²) in [6, 6.07) is 19.0. The van der Waals surface area contributed by atoms with Crippen LogP contribution in [0.3, 0.4) is 0 Å². The van der Waals surface area contributed by atoms with E-state index in [0.29, 0.717) is 32.4 Å². The zero-order chi connectivity index (χ0) is 25.5. The summed E-state index contributed by atoms with van der Waals surface area (Å²) in [6.45, 7) is 0.814. The minimum Gasteiger partial charge on any atom is -0.468 e.